The molecule has 1 aromatic heterocycles. The Morgan fingerprint density at radius 3 is 2.96 bits per heavy atom. The molecule has 0 aliphatic rings. The number of rotatable bonds is 8. The molecule has 0 saturated heterocycles. The Morgan fingerprint density at radius 1 is 1.40 bits per heavy atom. The van der Waals surface area contributed by atoms with Gasteiger partial charge < -0.3 is 14.8 Å². The number of carbonyl (C=O) groups excluding carboxylic acids is 2. The van der Waals surface area contributed by atoms with E-state index in [0.717, 1.165) is 8.96 Å². The number of aromatic nitrogens is 1. The van der Waals surface area contributed by atoms with Gasteiger partial charge in [0.1, 0.15) is 5.52 Å². The van der Waals surface area contributed by atoms with E-state index in [2.05, 4.69) is 32.9 Å². The van der Waals surface area contributed by atoms with Crippen molar-refractivity contribution in [3.63, 3.8) is 0 Å². The molecule has 0 spiro atoms. The first-order valence-electron chi connectivity index (χ1n) is 7.80. The van der Waals surface area contributed by atoms with Crippen LogP contribution in [0.15, 0.2) is 24.4 Å². The summed E-state index contributed by atoms with van der Waals surface area (Å²) in [5.41, 5.74) is 0.620. The highest BCUT2D eigenvalue weighted by molar-refractivity contribution is 14.1. The summed E-state index contributed by atoms with van der Waals surface area (Å²) in [5.74, 6) is 0.00206. The molecule has 1 heterocycles. The number of nitrogens with one attached hydrogen (secondary N) is 1. The lowest BCUT2D eigenvalue weighted by Crippen LogP contribution is -2.30. The quantitative estimate of drug-likeness (QED) is 0.359. The predicted octanol–water partition coefficient (Wildman–Crippen LogP) is 3.33. The number of halogens is 2. The first kappa shape index (κ1) is 19.7. The Bertz CT molecular complexity index is 770. The number of nitrogens with zero attached hydrogens (tertiary/aromatic N) is 1. The number of fused-ring (bicyclic) bond motifs is 1. The van der Waals surface area contributed by atoms with Crippen molar-refractivity contribution in [1.29, 1.82) is 0 Å². The van der Waals surface area contributed by atoms with Gasteiger partial charge in [0.15, 0.2) is 12.4 Å². The fraction of sp³-hybridized carbons (Fsp3) is 0.353. The van der Waals surface area contributed by atoms with Gasteiger partial charge in [-0.2, -0.15) is 0 Å². The maximum atomic E-state index is 11.9. The summed E-state index contributed by atoms with van der Waals surface area (Å²) in [6, 6.07) is 5.42. The van der Waals surface area contributed by atoms with Gasteiger partial charge in [0.25, 0.3) is 5.91 Å². The van der Waals surface area contributed by atoms with Crippen LogP contribution in [0, 0.1) is 3.57 Å². The Balaban J connectivity index is 1.88. The van der Waals surface area contributed by atoms with Gasteiger partial charge in [-0.3, -0.25) is 14.6 Å². The van der Waals surface area contributed by atoms with Crippen LogP contribution in [0.4, 0.5) is 0 Å². The lowest BCUT2D eigenvalue weighted by Gasteiger charge is -2.12. The highest BCUT2D eigenvalue weighted by Gasteiger charge is 2.13. The third kappa shape index (κ3) is 5.71. The monoisotopic (exact) mass is 476 g/mol. The van der Waals surface area contributed by atoms with E-state index in [1.165, 1.54) is 0 Å². The molecule has 2 aromatic rings. The van der Waals surface area contributed by atoms with Gasteiger partial charge in [0.2, 0.25) is 0 Å². The van der Waals surface area contributed by atoms with Crippen LogP contribution in [0.1, 0.15) is 19.8 Å². The van der Waals surface area contributed by atoms with Gasteiger partial charge in [-0.05, 0) is 54.1 Å². The van der Waals surface area contributed by atoms with E-state index in [1.54, 1.807) is 25.3 Å². The number of ether oxygens (including phenoxy) is 2. The Hall–Kier alpha value is -1.61. The lowest BCUT2D eigenvalue weighted by molar-refractivity contribution is -0.143. The molecule has 1 aromatic carbocycles. The molecule has 6 nitrogen and oxygen atoms in total. The minimum Gasteiger partial charge on any atom is -0.480 e. The molecule has 134 valence electrons. The molecule has 0 bridgehead atoms. The van der Waals surface area contributed by atoms with Crippen molar-refractivity contribution < 1.29 is 19.1 Å². The molecule has 0 aliphatic heterocycles. The summed E-state index contributed by atoms with van der Waals surface area (Å²) in [5, 5.41) is 4.07. The maximum absolute atomic E-state index is 11.9. The van der Waals surface area contributed by atoms with Crippen molar-refractivity contribution in [3.05, 3.63) is 33.0 Å². The van der Waals surface area contributed by atoms with Crippen LogP contribution < -0.4 is 10.1 Å². The fourth-order valence-corrected chi connectivity index (χ4v) is 3.33. The molecule has 0 atom stereocenters. The fourth-order valence-electron chi connectivity index (χ4n) is 2.17. The van der Waals surface area contributed by atoms with Gasteiger partial charge in [-0.25, -0.2) is 0 Å². The van der Waals surface area contributed by atoms with Gasteiger partial charge in [-0.15, -0.1) is 0 Å². The molecular weight excluding hydrogens is 459 g/mol. The van der Waals surface area contributed by atoms with E-state index >= 15 is 0 Å². The average Bonchev–Trinajstić information content (AvgIpc) is 2.59. The molecule has 0 radical (unpaired) electrons. The molecule has 2 rings (SSSR count). The minimum absolute atomic E-state index is 0.136. The third-order valence-electron chi connectivity index (χ3n) is 3.28. The highest BCUT2D eigenvalue weighted by Crippen LogP contribution is 2.34. The minimum atomic E-state index is -0.265. The van der Waals surface area contributed by atoms with E-state index < -0.39 is 0 Å². The van der Waals surface area contributed by atoms with Crippen molar-refractivity contribution in [3.8, 4) is 5.75 Å². The predicted molar refractivity (Wildman–Crippen MR) is 104 cm³/mol. The molecule has 25 heavy (non-hydrogen) atoms. The van der Waals surface area contributed by atoms with E-state index in [4.69, 9.17) is 21.1 Å². The van der Waals surface area contributed by atoms with Crippen LogP contribution in [0.25, 0.3) is 10.9 Å². The summed E-state index contributed by atoms with van der Waals surface area (Å²) < 4.78 is 11.3. The Labute approximate surface area is 164 Å². The first-order valence-corrected chi connectivity index (χ1v) is 9.26. The van der Waals surface area contributed by atoms with Crippen LogP contribution in [-0.2, 0) is 14.3 Å². The molecule has 0 unspecified atom stereocenters. The second-order valence-corrected chi connectivity index (χ2v) is 6.69. The molecule has 1 N–H and O–H groups in total. The molecule has 0 saturated carbocycles. The van der Waals surface area contributed by atoms with Gasteiger partial charge in [0, 0.05) is 24.5 Å². The Kier molecular flexibility index (Phi) is 7.70. The molecule has 1 amide bonds. The van der Waals surface area contributed by atoms with Crippen molar-refractivity contribution in [1.82, 2.24) is 10.3 Å². The lowest BCUT2D eigenvalue weighted by atomic mass is 10.2. The maximum Gasteiger partial charge on any atom is 0.305 e. The third-order valence-corrected chi connectivity index (χ3v) is 4.40. The normalized spacial score (nSPS) is 10.5. The van der Waals surface area contributed by atoms with E-state index in [-0.39, 0.29) is 24.9 Å². The van der Waals surface area contributed by atoms with Gasteiger partial charge in [0.05, 0.1) is 15.2 Å². The number of hydrogen-bond donors (Lipinski definition) is 1. The van der Waals surface area contributed by atoms with E-state index in [9.17, 15) is 9.59 Å². The number of pyridine rings is 1. The smallest absolute Gasteiger partial charge is 0.305 e. The summed E-state index contributed by atoms with van der Waals surface area (Å²) in [6.45, 7) is 2.37. The van der Waals surface area contributed by atoms with Crippen LogP contribution in [-0.4, -0.2) is 36.6 Å². The Morgan fingerprint density at radius 2 is 2.20 bits per heavy atom. The first-order chi connectivity index (χ1) is 12.0. The summed E-state index contributed by atoms with van der Waals surface area (Å²) in [4.78, 5) is 27.4. The summed E-state index contributed by atoms with van der Waals surface area (Å²) in [6.07, 6.45) is 2.45. The summed E-state index contributed by atoms with van der Waals surface area (Å²) in [7, 11) is 0. The zero-order chi connectivity index (χ0) is 18.2. The van der Waals surface area contributed by atoms with Crippen LogP contribution in [0.5, 0.6) is 5.75 Å². The molecule has 0 fully saturated rings. The van der Waals surface area contributed by atoms with Gasteiger partial charge >= 0.3 is 5.97 Å². The molecular formula is C17H18ClIN2O4. The zero-order valence-electron chi connectivity index (χ0n) is 13.7. The number of benzene rings is 1. The van der Waals surface area contributed by atoms with Crippen molar-refractivity contribution in [2.24, 2.45) is 0 Å². The van der Waals surface area contributed by atoms with Crippen LogP contribution in [0.2, 0.25) is 5.02 Å². The topological polar surface area (TPSA) is 77.5 Å². The van der Waals surface area contributed by atoms with Crippen molar-refractivity contribution in [2.45, 2.75) is 19.8 Å². The molecule has 8 heteroatoms. The van der Waals surface area contributed by atoms with Crippen LogP contribution >= 0.6 is 34.2 Å². The standard InChI is InChI=1S/C17H18ClIN2O4/c1-2-24-15(23)6-4-7-20-14(22)10-25-17-13(19)9-12(18)11-5-3-8-21-16(11)17/h3,5,8-9H,2,4,6-7,10H2,1H3,(H,20,22). The summed E-state index contributed by atoms with van der Waals surface area (Å²) >= 11 is 8.31. The average molecular weight is 477 g/mol. The van der Waals surface area contributed by atoms with E-state index in [1.807, 2.05) is 6.07 Å². The highest BCUT2D eigenvalue weighted by atomic mass is 127. The largest absolute Gasteiger partial charge is 0.480 e. The van der Waals surface area contributed by atoms with Crippen molar-refractivity contribution in [2.75, 3.05) is 19.8 Å². The number of carbonyl (C=O) groups is 2. The SMILES string of the molecule is CCOC(=O)CCCNC(=O)COc1c(I)cc(Cl)c2cccnc12. The van der Waals surface area contributed by atoms with Crippen molar-refractivity contribution >= 4 is 57.0 Å². The zero-order valence-corrected chi connectivity index (χ0v) is 16.6. The van der Waals surface area contributed by atoms with Crippen LogP contribution in [0.3, 0.4) is 0 Å². The second kappa shape index (κ2) is 9.76. The second-order valence-electron chi connectivity index (χ2n) is 5.12. The number of hydrogen-bond acceptors (Lipinski definition) is 5. The van der Waals surface area contributed by atoms with E-state index in [0.29, 0.717) is 35.9 Å². The van der Waals surface area contributed by atoms with Gasteiger partial charge in [-0.1, -0.05) is 11.6 Å². The number of amides is 1. The molecule has 0 aliphatic carbocycles. The number of esters is 1.